The van der Waals surface area contributed by atoms with Crippen molar-refractivity contribution in [3.8, 4) is 5.75 Å². The van der Waals surface area contributed by atoms with Crippen molar-refractivity contribution in [1.29, 1.82) is 0 Å². The zero-order chi connectivity index (χ0) is 19.3. The van der Waals surface area contributed by atoms with E-state index in [9.17, 15) is 31.5 Å². The minimum absolute atomic E-state index is 0.0917. The van der Waals surface area contributed by atoms with Crippen LogP contribution in [0, 0.1) is 5.92 Å². The molecule has 0 radical (unpaired) electrons. The molecule has 1 N–H and O–H groups in total. The molecule has 0 aliphatic carbocycles. The fourth-order valence-corrected chi connectivity index (χ4v) is 2.72. The van der Waals surface area contributed by atoms with Gasteiger partial charge in [-0.05, 0) is 25.0 Å². The second-order valence-corrected chi connectivity index (χ2v) is 5.80. The van der Waals surface area contributed by atoms with Crippen LogP contribution in [0.3, 0.4) is 0 Å². The predicted molar refractivity (Wildman–Crippen MR) is 80.8 cm³/mol. The number of ether oxygens (including phenoxy) is 1. The molecular weight excluding hydrogens is 363 g/mol. The number of rotatable bonds is 5. The topological polar surface area (TPSA) is 58.6 Å². The maximum Gasteiger partial charge on any atom is 0.405 e. The lowest BCUT2D eigenvalue weighted by atomic mass is 9.96. The van der Waals surface area contributed by atoms with Crippen molar-refractivity contribution in [3.05, 3.63) is 29.8 Å². The minimum Gasteiger partial charge on any atom is -0.434 e. The number of nitrogens with one attached hydrogen (secondary N) is 1. The van der Waals surface area contributed by atoms with Crippen molar-refractivity contribution in [2.75, 3.05) is 19.6 Å². The number of nitrogens with zero attached hydrogens (tertiary/aromatic N) is 1. The van der Waals surface area contributed by atoms with Gasteiger partial charge in [0, 0.05) is 13.1 Å². The summed E-state index contributed by atoms with van der Waals surface area (Å²) in [5.41, 5.74) is -0.0934. The molecule has 1 aromatic carbocycles. The van der Waals surface area contributed by atoms with Gasteiger partial charge in [0.1, 0.15) is 12.3 Å². The summed E-state index contributed by atoms with van der Waals surface area (Å²) in [7, 11) is 0. The molecular formula is C16H17F5N2O3. The summed E-state index contributed by atoms with van der Waals surface area (Å²) >= 11 is 0. The number of likely N-dealkylation sites (tertiary alicyclic amines) is 1. The normalized spacial score (nSPS) is 17.9. The predicted octanol–water partition coefficient (Wildman–Crippen LogP) is 2.82. The summed E-state index contributed by atoms with van der Waals surface area (Å²) in [4.78, 5) is 25.7. The van der Waals surface area contributed by atoms with E-state index in [-0.39, 0.29) is 24.4 Å². The highest BCUT2D eigenvalue weighted by Gasteiger charge is 2.33. The highest BCUT2D eigenvalue weighted by molar-refractivity contribution is 5.97. The maximum atomic E-state index is 12.6. The average Bonchev–Trinajstić information content (AvgIpc) is 2.58. The van der Waals surface area contributed by atoms with Crippen LogP contribution in [-0.4, -0.2) is 49.1 Å². The van der Waals surface area contributed by atoms with E-state index in [1.165, 1.54) is 29.2 Å². The number of alkyl halides is 5. The molecule has 0 saturated carbocycles. The maximum absolute atomic E-state index is 12.6. The zero-order valence-corrected chi connectivity index (χ0v) is 13.6. The Morgan fingerprint density at radius 3 is 2.62 bits per heavy atom. The number of para-hydroxylation sites is 1. The van der Waals surface area contributed by atoms with Crippen molar-refractivity contribution < 1.29 is 36.3 Å². The van der Waals surface area contributed by atoms with Crippen LogP contribution in [0.2, 0.25) is 0 Å². The molecule has 1 saturated heterocycles. The number of carbonyl (C=O) groups is 2. The van der Waals surface area contributed by atoms with Crippen LogP contribution in [0.15, 0.2) is 24.3 Å². The summed E-state index contributed by atoms with van der Waals surface area (Å²) in [6, 6.07) is 5.44. The molecule has 2 amide bonds. The molecule has 1 aliphatic heterocycles. The van der Waals surface area contributed by atoms with Gasteiger partial charge in [-0.3, -0.25) is 9.59 Å². The molecule has 1 heterocycles. The first-order chi connectivity index (χ1) is 12.2. The Kier molecular flexibility index (Phi) is 6.38. The highest BCUT2D eigenvalue weighted by atomic mass is 19.4. The Hall–Kier alpha value is -2.39. The molecule has 10 heteroatoms. The first-order valence-corrected chi connectivity index (χ1v) is 7.85. The highest BCUT2D eigenvalue weighted by Crippen LogP contribution is 2.25. The number of hydrogen-bond acceptors (Lipinski definition) is 3. The quantitative estimate of drug-likeness (QED) is 0.800. The lowest BCUT2D eigenvalue weighted by Crippen LogP contribution is -2.47. The van der Waals surface area contributed by atoms with Gasteiger partial charge >= 0.3 is 12.8 Å². The van der Waals surface area contributed by atoms with Crippen LogP contribution in [-0.2, 0) is 4.79 Å². The number of amides is 2. The van der Waals surface area contributed by atoms with Gasteiger partial charge < -0.3 is 15.0 Å². The van der Waals surface area contributed by atoms with Gasteiger partial charge in [0.15, 0.2) is 0 Å². The van der Waals surface area contributed by atoms with Gasteiger partial charge in [0.05, 0.1) is 11.5 Å². The van der Waals surface area contributed by atoms with E-state index in [1.54, 1.807) is 5.32 Å². The smallest absolute Gasteiger partial charge is 0.405 e. The van der Waals surface area contributed by atoms with E-state index in [2.05, 4.69) is 4.74 Å². The van der Waals surface area contributed by atoms with Crippen molar-refractivity contribution in [2.24, 2.45) is 5.92 Å². The SMILES string of the molecule is O=C(NCC(F)(F)F)C1CCCN(C(=O)c2ccccc2OC(F)F)C1. The molecule has 1 aromatic rings. The summed E-state index contributed by atoms with van der Waals surface area (Å²) in [5.74, 6) is -2.50. The summed E-state index contributed by atoms with van der Waals surface area (Å²) < 4.78 is 65.9. The lowest BCUT2D eigenvalue weighted by molar-refractivity contribution is -0.141. The average molecular weight is 380 g/mol. The second-order valence-electron chi connectivity index (χ2n) is 5.80. The van der Waals surface area contributed by atoms with E-state index >= 15 is 0 Å². The van der Waals surface area contributed by atoms with E-state index in [0.29, 0.717) is 12.8 Å². The third kappa shape index (κ3) is 5.57. The van der Waals surface area contributed by atoms with Gasteiger partial charge in [-0.2, -0.15) is 22.0 Å². The van der Waals surface area contributed by atoms with Crippen LogP contribution in [0.5, 0.6) is 5.75 Å². The van der Waals surface area contributed by atoms with Crippen molar-refractivity contribution in [3.63, 3.8) is 0 Å². The Morgan fingerprint density at radius 1 is 1.27 bits per heavy atom. The standard InChI is InChI=1S/C16H17F5N2O3/c17-15(18)26-12-6-2-1-5-11(12)14(25)23-7-3-4-10(8-23)13(24)22-9-16(19,20)21/h1-2,5-6,10,15H,3-4,7-9H2,(H,22,24). The van der Waals surface area contributed by atoms with Crippen LogP contribution >= 0.6 is 0 Å². The molecule has 2 rings (SSSR count). The van der Waals surface area contributed by atoms with Crippen LogP contribution < -0.4 is 10.1 Å². The van der Waals surface area contributed by atoms with Gasteiger partial charge in [0.2, 0.25) is 5.91 Å². The van der Waals surface area contributed by atoms with Crippen LogP contribution in [0.25, 0.3) is 0 Å². The Labute approximate surface area is 146 Å². The molecule has 0 spiro atoms. The molecule has 5 nitrogen and oxygen atoms in total. The summed E-state index contributed by atoms with van der Waals surface area (Å²) in [6.45, 7) is -4.37. The molecule has 26 heavy (non-hydrogen) atoms. The van der Waals surface area contributed by atoms with Crippen molar-refractivity contribution in [2.45, 2.75) is 25.6 Å². The fourth-order valence-electron chi connectivity index (χ4n) is 2.72. The van der Waals surface area contributed by atoms with Crippen molar-refractivity contribution >= 4 is 11.8 Å². The minimum atomic E-state index is -4.52. The van der Waals surface area contributed by atoms with Crippen LogP contribution in [0.1, 0.15) is 23.2 Å². The number of benzene rings is 1. The Bertz CT molecular complexity index is 651. The molecule has 1 aliphatic rings. The number of carbonyl (C=O) groups excluding carboxylic acids is 2. The molecule has 1 fully saturated rings. The second kappa shape index (κ2) is 8.33. The molecule has 1 unspecified atom stereocenters. The molecule has 144 valence electrons. The largest absolute Gasteiger partial charge is 0.434 e. The van der Waals surface area contributed by atoms with E-state index in [4.69, 9.17) is 0 Å². The van der Waals surface area contributed by atoms with Crippen LogP contribution in [0.4, 0.5) is 22.0 Å². The van der Waals surface area contributed by atoms with E-state index in [1.807, 2.05) is 0 Å². The van der Waals surface area contributed by atoms with Gasteiger partial charge in [-0.25, -0.2) is 0 Å². The number of piperidine rings is 1. The summed E-state index contributed by atoms with van der Waals surface area (Å²) in [6.07, 6.45) is -3.78. The fraction of sp³-hybridized carbons (Fsp3) is 0.500. The monoisotopic (exact) mass is 380 g/mol. The Balaban J connectivity index is 2.05. The first kappa shape index (κ1) is 19.9. The Morgan fingerprint density at radius 2 is 1.96 bits per heavy atom. The van der Waals surface area contributed by atoms with E-state index in [0.717, 1.165) is 0 Å². The number of halogens is 5. The van der Waals surface area contributed by atoms with Crippen molar-refractivity contribution in [1.82, 2.24) is 10.2 Å². The third-order valence-corrected chi connectivity index (χ3v) is 3.88. The van der Waals surface area contributed by atoms with Gasteiger partial charge in [-0.1, -0.05) is 12.1 Å². The summed E-state index contributed by atoms with van der Waals surface area (Å²) in [5, 5.41) is 1.80. The van der Waals surface area contributed by atoms with Gasteiger partial charge in [-0.15, -0.1) is 0 Å². The third-order valence-electron chi connectivity index (χ3n) is 3.88. The zero-order valence-electron chi connectivity index (χ0n) is 13.6. The van der Waals surface area contributed by atoms with E-state index < -0.39 is 37.1 Å². The number of hydrogen-bond donors (Lipinski definition) is 1. The molecule has 1 atom stereocenters. The van der Waals surface area contributed by atoms with Gasteiger partial charge in [0.25, 0.3) is 5.91 Å². The molecule has 0 aromatic heterocycles. The first-order valence-electron chi connectivity index (χ1n) is 7.85. The lowest BCUT2D eigenvalue weighted by Gasteiger charge is -2.32. The molecule has 0 bridgehead atoms.